The number of aliphatic hydroxyl groups excluding tert-OH is 2. The van der Waals surface area contributed by atoms with Crippen molar-refractivity contribution in [1.82, 2.24) is 0 Å². The molecule has 0 bridgehead atoms. The Balaban J connectivity index is 2.93. The quantitative estimate of drug-likeness (QED) is 0.575. The first-order valence-electron chi connectivity index (χ1n) is 7.25. The number of rotatable bonds is 10. The van der Waals surface area contributed by atoms with Crippen LogP contribution < -0.4 is 10.4 Å². The predicted molar refractivity (Wildman–Crippen MR) is 86.0 cm³/mol. The average molecular weight is 346 g/mol. The van der Waals surface area contributed by atoms with E-state index in [-0.39, 0.29) is 12.2 Å². The molecule has 0 saturated heterocycles. The number of hydrogen-bond acceptors (Lipinski definition) is 7. The van der Waals surface area contributed by atoms with E-state index in [4.69, 9.17) is 14.3 Å². The number of hydrogen-bond donors (Lipinski definition) is 3. The Labute approximate surface area is 138 Å². The molecule has 0 saturated carbocycles. The molecular weight excluding hydrogens is 324 g/mol. The third-order valence-electron chi connectivity index (χ3n) is 3.18. The highest BCUT2D eigenvalue weighted by molar-refractivity contribution is 7.98. The summed E-state index contributed by atoms with van der Waals surface area (Å²) in [4.78, 5) is 22.2. The SMILES string of the molecule is CCCC(O)Cc1oc(=O)cc(OC)c1CSCC(O)C(=O)O. The van der Waals surface area contributed by atoms with Gasteiger partial charge >= 0.3 is 11.6 Å². The zero-order valence-corrected chi connectivity index (χ0v) is 14.0. The van der Waals surface area contributed by atoms with Crippen molar-refractivity contribution in [3.8, 4) is 5.75 Å². The van der Waals surface area contributed by atoms with Gasteiger partial charge in [0.1, 0.15) is 11.5 Å². The van der Waals surface area contributed by atoms with Crippen molar-refractivity contribution in [2.75, 3.05) is 12.9 Å². The number of carboxylic acid groups (broad SMARTS) is 1. The minimum absolute atomic E-state index is 0.00539. The summed E-state index contributed by atoms with van der Waals surface area (Å²) in [5.74, 6) is -0.340. The summed E-state index contributed by atoms with van der Waals surface area (Å²) in [5.41, 5.74) is 0.0183. The Morgan fingerprint density at radius 1 is 1.43 bits per heavy atom. The van der Waals surface area contributed by atoms with Crippen LogP contribution in [0.5, 0.6) is 5.75 Å². The number of thioether (sulfide) groups is 1. The fraction of sp³-hybridized carbons (Fsp3) is 0.600. The van der Waals surface area contributed by atoms with E-state index in [9.17, 15) is 19.8 Å². The van der Waals surface area contributed by atoms with Crippen molar-refractivity contribution in [3.63, 3.8) is 0 Å². The molecular formula is C15H22O7S. The first-order valence-corrected chi connectivity index (χ1v) is 8.41. The molecule has 2 unspecified atom stereocenters. The molecule has 23 heavy (non-hydrogen) atoms. The van der Waals surface area contributed by atoms with Crippen LogP contribution in [0.4, 0.5) is 0 Å². The van der Waals surface area contributed by atoms with Gasteiger partial charge in [-0.1, -0.05) is 13.3 Å². The molecule has 0 fully saturated rings. The Bertz CT molecular complexity index is 569. The third-order valence-corrected chi connectivity index (χ3v) is 4.22. The van der Waals surface area contributed by atoms with Crippen LogP contribution in [0.25, 0.3) is 0 Å². The van der Waals surface area contributed by atoms with Gasteiger partial charge < -0.3 is 24.5 Å². The molecule has 0 aromatic carbocycles. The Hall–Kier alpha value is -1.51. The van der Waals surface area contributed by atoms with Crippen LogP contribution in [0.2, 0.25) is 0 Å². The summed E-state index contributed by atoms with van der Waals surface area (Å²) in [5, 5.41) is 27.9. The maximum atomic E-state index is 11.6. The highest BCUT2D eigenvalue weighted by Crippen LogP contribution is 2.27. The van der Waals surface area contributed by atoms with Crippen molar-refractivity contribution in [2.45, 2.75) is 44.1 Å². The van der Waals surface area contributed by atoms with Crippen LogP contribution in [0.15, 0.2) is 15.3 Å². The van der Waals surface area contributed by atoms with Gasteiger partial charge in [-0.15, -0.1) is 0 Å². The lowest BCUT2D eigenvalue weighted by atomic mass is 10.1. The van der Waals surface area contributed by atoms with Gasteiger partial charge in [0.15, 0.2) is 6.10 Å². The maximum absolute atomic E-state index is 11.6. The van der Waals surface area contributed by atoms with Crippen LogP contribution in [0.3, 0.4) is 0 Å². The molecule has 0 spiro atoms. The van der Waals surface area contributed by atoms with Crippen LogP contribution in [-0.4, -0.2) is 46.4 Å². The van der Waals surface area contributed by atoms with Crippen molar-refractivity contribution >= 4 is 17.7 Å². The lowest BCUT2D eigenvalue weighted by Gasteiger charge is -2.15. The Kier molecular flexibility index (Phi) is 8.15. The molecule has 1 aromatic rings. The number of ether oxygens (including phenoxy) is 1. The number of aliphatic carboxylic acids is 1. The lowest BCUT2D eigenvalue weighted by molar-refractivity contribution is -0.145. The average Bonchev–Trinajstić information content (AvgIpc) is 2.48. The molecule has 1 rings (SSSR count). The zero-order chi connectivity index (χ0) is 17.4. The Morgan fingerprint density at radius 3 is 2.70 bits per heavy atom. The van der Waals surface area contributed by atoms with E-state index in [0.29, 0.717) is 29.2 Å². The third kappa shape index (κ3) is 6.25. The first kappa shape index (κ1) is 19.5. The van der Waals surface area contributed by atoms with Crippen molar-refractivity contribution < 1.29 is 29.3 Å². The highest BCUT2D eigenvalue weighted by atomic mass is 32.2. The molecule has 0 aliphatic carbocycles. The Morgan fingerprint density at radius 2 is 2.13 bits per heavy atom. The molecule has 8 heteroatoms. The van der Waals surface area contributed by atoms with Crippen LogP contribution in [-0.2, 0) is 17.0 Å². The lowest BCUT2D eigenvalue weighted by Crippen LogP contribution is -2.22. The van der Waals surface area contributed by atoms with Crippen molar-refractivity contribution in [1.29, 1.82) is 0 Å². The number of carbonyl (C=O) groups is 1. The monoisotopic (exact) mass is 346 g/mol. The molecule has 0 aliphatic heterocycles. The highest BCUT2D eigenvalue weighted by Gasteiger charge is 2.19. The number of carboxylic acids is 1. The minimum Gasteiger partial charge on any atom is -0.496 e. The van der Waals surface area contributed by atoms with Gasteiger partial charge in [-0.05, 0) is 6.42 Å². The molecule has 7 nitrogen and oxygen atoms in total. The summed E-state index contributed by atoms with van der Waals surface area (Å²) in [7, 11) is 1.42. The maximum Gasteiger partial charge on any atom is 0.339 e. The topological polar surface area (TPSA) is 117 Å². The molecule has 2 atom stereocenters. The molecule has 0 radical (unpaired) electrons. The smallest absolute Gasteiger partial charge is 0.339 e. The predicted octanol–water partition coefficient (Wildman–Crippen LogP) is 1.03. The fourth-order valence-electron chi connectivity index (χ4n) is 2.04. The van der Waals surface area contributed by atoms with Gasteiger partial charge in [-0.2, -0.15) is 11.8 Å². The van der Waals surface area contributed by atoms with Crippen molar-refractivity contribution in [3.05, 3.63) is 27.8 Å². The van der Waals surface area contributed by atoms with Crippen LogP contribution in [0, 0.1) is 0 Å². The van der Waals surface area contributed by atoms with E-state index >= 15 is 0 Å². The normalized spacial score (nSPS) is 13.6. The summed E-state index contributed by atoms with van der Waals surface area (Å²) in [6, 6.07) is 1.21. The summed E-state index contributed by atoms with van der Waals surface area (Å²) < 4.78 is 10.4. The minimum atomic E-state index is -1.46. The van der Waals surface area contributed by atoms with Crippen LogP contribution in [0.1, 0.15) is 31.1 Å². The first-order chi connectivity index (χ1) is 10.9. The second kappa shape index (κ2) is 9.59. The second-order valence-electron chi connectivity index (χ2n) is 5.05. The zero-order valence-electron chi connectivity index (χ0n) is 13.2. The van der Waals surface area contributed by atoms with Crippen molar-refractivity contribution in [2.24, 2.45) is 0 Å². The van der Waals surface area contributed by atoms with Gasteiger partial charge in [-0.3, -0.25) is 0 Å². The number of methoxy groups -OCH3 is 1. The molecule has 0 aliphatic rings. The van der Waals surface area contributed by atoms with E-state index in [1.807, 2.05) is 6.92 Å². The van der Waals surface area contributed by atoms with Crippen LogP contribution >= 0.6 is 11.8 Å². The summed E-state index contributed by atoms with van der Waals surface area (Å²) in [6.45, 7) is 1.94. The molecule has 130 valence electrons. The molecule has 3 N–H and O–H groups in total. The van der Waals surface area contributed by atoms with E-state index < -0.39 is 23.8 Å². The largest absolute Gasteiger partial charge is 0.496 e. The van der Waals surface area contributed by atoms with Gasteiger partial charge in [0.25, 0.3) is 0 Å². The van der Waals surface area contributed by atoms with E-state index in [1.54, 1.807) is 0 Å². The molecule has 0 amide bonds. The van der Waals surface area contributed by atoms with Gasteiger partial charge in [0, 0.05) is 23.5 Å². The van der Waals surface area contributed by atoms with E-state index in [1.165, 1.54) is 24.9 Å². The standard InChI is InChI=1S/C15H22O7S/c1-3-4-9(16)5-13-10(7-23-8-11(17)15(19)20)12(21-2)6-14(18)22-13/h6,9,11,16-17H,3-5,7-8H2,1-2H3,(H,19,20). The number of aliphatic hydroxyl groups is 2. The fourth-order valence-corrected chi connectivity index (χ4v) is 3.03. The molecule has 1 heterocycles. The van der Waals surface area contributed by atoms with Gasteiger partial charge in [0.2, 0.25) is 0 Å². The van der Waals surface area contributed by atoms with E-state index in [0.717, 1.165) is 6.42 Å². The van der Waals surface area contributed by atoms with E-state index in [2.05, 4.69) is 0 Å². The second-order valence-corrected chi connectivity index (χ2v) is 6.08. The molecule has 1 aromatic heterocycles. The van der Waals surface area contributed by atoms with Gasteiger partial charge in [0.05, 0.1) is 19.3 Å². The summed E-state index contributed by atoms with van der Waals surface area (Å²) in [6.07, 6.45) is -0.549. The summed E-state index contributed by atoms with van der Waals surface area (Å²) >= 11 is 1.18. The van der Waals surface area contributed by atoms with Gasteiger partial charge in [-0.25, -0.2) is 9.59 Å².